The first-order valence-electron chi connectivity index (χ1n) is 8.01. The van der Waals surface area contributed by atoms with Gasteiger partial charge in [0.15, 0.2) is 0 Å². The van der Waals surface area contributed by atoms with Gasteiger partial charge >= 0.3 is 5.97 Å². The summed E-state index contributed by atoms with van der Waals surface area (Å²) in [5.74, 6) is -0.547. The number of amides is 1. The predicted octanol–water partition coefficient (Wildman–Crippen LogP) is 1.95. The van der Waals surface area contributed by atoms with Gasteiger partial charge in [-0.3, -0.25) is 9.59 Å². The third kappa shape index (κ3) is 2.26. The number of rotatable bonds is 4. The van der Waals surface area contributed by atoms with Gasteiger partial charge in [0, 0.05) is 30.4 Å². The second-order valence-electron chi connectivity index (χ2n) is 7.58. The Morgan fingerprint density at radius 2 is 2.00 bits per heavy atom. The molecule has 0 radical (unpaired) electrons. The summed E-state index contributed by atoms with van der Waals surface area (Å²) in [7, 11) is 0. The van der Waals surface area contributed by atoms with Crippen molar-refractivity contribution in [2.24, 2.45) is 16.7 Å². The van der Waals surface area contributed by atoms with Gasteiger partial charge in [0.05, 0.1) is 11.5 Å². The van der Waals surface area contributed by atoms with Crippen LogP contribution in [0.3, 0.4) is 0 Å². The summed E-state index contributed by atoms with van der Waals surface area (Å²) in [4.78, 5) is 23.7. The Kier molecular flexibility index (Phi) is 3.51. The van der Waals surface area contributed by atoms with E-state index in [2.05, 4.69) is 19.2 Å². The van der Waals surface area contributed by atoms with Gasteiger partial charge in [-0.15, -0.1) is 0 Å². The minimum absolute atomic E-state index is 0.0588. The third-order valence-corrected chi connectivity index (χ3v) is 5.91. The minimum atomic E-state index is -0.823. The minimum Gasteiger partial charge on any atom is -0.481 e. The lowest BCUT2D eigenvalue weighted by Gasteiger charge is -2.60. The van der Waals surface area contributed by atoms with E-state index in [1.165, 1.54) is 0 Å². The van der Waals surface area contributed by atoms with Gasteiger partial charge in [-0.25, -0.2) is 0 Å². The molecule has 3 aliphatic rings. The van der Waals surface area contributed by atoms with E-state index < -0.39 is 11.4 Å². The monoisotopic (exact) mass is 295 g/mol. The largest absolute Gasteiger partial charge is 0.481 e. The molecular formula is C16H25NO4. The van der Waals surface area contributed by atoms with Crippen molar-refractivity contribution in [1.82, 2.24) is 5.32 Å². The molecule has 1 amide bonds. The Balaban J connectivity index is 1.61. The summed E-state index contributed by atoms with van der Waals surface area (Å²) in [6.07, 6.45) is 4.64. The van der Waals surface area contributed by atoms with Crippen LogP contribution < -0.4 is 5.32 Å². The summed E-state index contributed by atoms with van der Waals surface area (Å²) in [6.45, 7) is 5.06. The smallest absolute Gasteiger partial charge is 0.310 e. The molecule has 0 aromatic carbocycles. The normalized spacial score (nSPS) is 35.8. The first kappa shape index (κ1) is 14.8. The molecule has 3 unspecified atom stereocenters. The summed E-state index contributed by atoms with van der Waals surface area (Å²) in [5.41, 5.74) is -0.864. The van der Waals surface area contributed by atoms with Crippen molar-refractivity contribution in [3.63, 3.8) is 0 Å². The van der Waals surface area contributed by atoms with Crippen molar-refractivity contribution in [3.8, 4) is 0 Å². The molecule has 3 fully saturated rings. The van der Waals surface area contributed by atoms with E-state index >= 15 is 0 Å². The molecule has 1 heterocycles. The zero-order valence-electron chi connectivity index (χ0n) is 12.9. The highest BCUT2D eigenvalue weighted by atomic mass is 16.5. The number of fused-ring (bicyclic) bond motifs is 1. The topological polar surface area (TPSA) is 75.6 Å². The number of ether oxygens (including phenoxy) is 1. The molecule has 3 atom stereocenters. The van der Waals surface area contributed by atoms with E-state index in [0.717, 1.165) is 25.9 Å². The lowest BCUT2D eigenvalue weighted by Crippen LogP contribution is -2.70. The maximum absolute atomic E-state index is 12.3. The summed E-state index contributed by atoms with van der Waals surface area (Å²) < 4.78 is 5.83. The molecule has 3 rings (SSSR count). The van der Waals surface area contributed by atoms with Gasteiger partial charge in [-0.2, -0.15) is 0 Å². The molecule has 0 bridgehead atoms. The second kappa shape index (κ2) is 4.97. The van der Waals surface area contributed by atoms with Crippen LogP contribution in [-0.4, -0.2) is 35.7 Å². The summed E-state index contributed by atoms with van der Waals surface area (Å²) in [5, 5.41) is 12.4. The number of nitrogens with one attached hydrogen (secondary N) is 1. The summed E-state index contributed by atoms with van der Waals surface area (Å²) in [6, 6.07) is 0.112. The Bertz CT molecular complexity index is 455. The Morgan fingerprint density at radius 3 is 2.57 bits per heavy atom. The molecule has 2 aliphatic carbocycles. The first-order chi connectivity index (χ1) is 9.87. The highest BCUT2D eigenvalue weighted by Crippen LogP contribution is 2.51. The zero-order chi connectivity index (χ0) is 15.3. The first-order valence-corrected chi connectivity index (χ1v) is 8.01. The molecule has 1 saturated heterocycles. The van der Waals surface area contributed by atoms with Gasteiger partial charge in [0.25, 0.3) is 0 Å². The standard InChI is InChI=1S/C16H25NO4/c1-15(2)12(10-5-3-8-21-13(10)15)17-11(18)9-16(14(19)20)6-4-7-16/h10,12-13H,3-9H2,1-2H3,(H,17,18)(H,19,20). The molecule has 21 heavy (non-hydrogen) atoms. The van der Waals surface area contributed by atoms with Crippen LogP contribution in [0.15, 0.2) is 0 Å². The van der Waals surface area contributed by atoms with Crippen molar-refractivity contribution < 1.29 is 19.4 Å². The van der Waals surface area contributed by atoms with Gasteiger partial charge in [-0.1, -0.05) is 20.3 Å². The van der Waals surface area contributed by atoms with Crippen molar-refractivity contribution in [1.29, 1.82) is 0 Å². The lowest BCUT2D eigenvalue weighted by atomic mass is 9.55. The van der Waals surface area contributed by atoms with E-state index in [4.69, 9.17) is 4.74 Å². The second-order valence-corrected chi connectivity index (χ2v) is 7.58. The fraction of sp³-hybridized carbons (Fsp3) is 0.875. The molecule has 1 aliphatic heterocycles. The zero-order valence-corrected chi connectivity index (χ0v) is 12.9. The SMILES string of the molecule is CC1(C)C(NC(=O)CC2(C(=O)O)CCC2)C2CCCOC21. The quantitative estimate of drug-likeness (QED) is 0.831. The van der Waals surface area contributed by atoms with Gasteiger partial charge < -0.3 is 15.2 Å². The molecule has 0 spiro atoms. The third-order valence-electron chi connectivity index (χ3n) is 5.91. The van der Waals surface area contributed by atoms with Crippen LogP contribution >= 0.6 is 0 Å². The van der Waals surface area contributed by atoms with Crippen molar-refractivity contribution in [2.75, 3.05) is 6.61 Å². The number of carbonyl (C=O) groups excluding carboxylic acids is 1. The van der Waals surface area contributed by atoms with Gasteiger partial charge in [-0.05, 0) is 25.7 Å². The average molecular weight is 295 g/mol. The number of carboxylic acid groups (broad SMARTS) is 1. The van der Waals surface area contributed by atoms with Crippen LogP contribution in [0.25, 0.3) is 0 Å². The molecule has 5 nitrogen and oxygen atoms in total. The van der Waals surface area contributed by atoms with Crippen LogP contribution in [0.2, 0.25) is 0 Å². The number of hydrogen-bond acceptors (Lipinski definition) is 3. The molecule has 0 aromatic heterocycles. The van der Waals surface area contributed by atoms with Crippen molar-refractivity contribution in [2.45, 2.75) is 64.5 Å². The molecule has 0 aromatic rings. The molecule has 2 N–H and O–H groups in total. The molecule has 118 valence electrons. The van der Waals surface area contributed by atoms with E-state index in [9.17, 15) is 14.7 Å². The fourth-order valence-corrected chi connectivity index (χ4v) is 4.42. The molecular weight excluding hydrogens is 270 g/mol. The van der Waals surface area contributed by atoms with Crippen molar-refractivity contribution in [3.05, 3.63) is 0 Å². The van der Waals surface area contributed by atoms with Crippen LogP contribution in [-0.2, 0) is 14.3 Å². The number of carboxylic acids is 1. The molecule has 2 saturated carbocycles. The van der Waals surface area contributed by atoms with E-state index in [1.54, 1.807) is 0 Å². The van der Waals surface area contributed by atoms with Crippen molar-refractivity contribution >= 4 is 11.9 Å². The lowest BCUT2D eigenvalue weighted by molar-refractivity contribution is -0.194. The van der Waals surface area contributed by atoms with E-state index in [0.29, 0.717) is 18.8 Å². The summed E-state index contributed by atoms with van der Waals surface area (Å²) >= 11 is 0. The number of carbonyl (C=O) groups is 2. The Hall–Kier alpha value is -1.10. The molecule has 5 heteroatoms. The van der Waals surface area contributed by atoms with Crippen LogP contribution in [0.1, 0.15) is 52.4 Å². The van der Waals surface area contributed by atoms with Crippen LogP contribution in [0.5, 0.6) is 0 Å². The number of aliphatic carboxylic acids is 1. The average Bonchev–Trinajstić information content (AvgIpc) is 2.40. The Labute approximate surface area is 125 Å². The van der Waals surface area contributed by atoms with Crippen LogP contribution in [0, 0.1) is 16.7 Å². The van der Waals surface area contributed by atoms with Gasteiger partial charge in [0.1, 0.15) is 0 Å². The predicted molar refractivity (Wildman–Crippen MR) is 76.7 cm³/mol. The van der Waals surface area contributed by atoms with E-state index in [-0.39, 0.29) is 29.9 Å². The highest BCUT2D eigenvalue weighted by molar-refractivity contribution is 5.86. The fourth-order valence-electron chi connectivity index (χ4n) is 4.42. The van der Waals surface area contributed by atoms with E-state index in [1.807, 2.05) is 0 Å². The number of hydrogen-bond donors (Lipinski definition) is 2. The van der Waals surface area contributed by atoms with Crippen LogP contribution in [0.4, 0.5) is 0 Å². The van der Waals surface area contributed by atoms with Gasteiger partial charge in [0.2, 0.25) is 5.91 Å². The maximum atomic E-state index is 12.3. The Morgan fingerprint density at radius 1 is 1.29 bits per heavy atom. The maximum Gasteiger partial charge on any atom is 0.310 e. The highest BCUT2D eigenvalue weighted by Gasteiger charge is 2.58.